The lowest BCUT2D eigenvalue weighted by Gasteiger charge is -2.32. The highest BCUT2D eigenvalue weighted by atomic mass is 32.1. The zero-order chi connectivity index (χ0) is 27.5. The highest BCUT2D eigenvalue weighted by Crippen LogP contribution is 2.32. The van der Waals surface area contributed by atoms with Crippen molar-refractivity contribution < 1.29 is 19.5 Å². The predicted molar refractivity (Wildman–Crippen MR) is 150 cm³/mol. The lowest BCUT2D eigenvalue weighted by atomic mass is 10.1. The second-order valence-electron chi connectivity index (χ2n) is 9.45. The van der Waals surface area contributed by atoms with Crippen LogP contribution in [-0.2, 0) is 6.54 Å². The summed E-state index contributed by atoms with van der Waals surface area (Å²) >= 11 is 0.993. The number of anilines is 2. The summed E-state index contributed by atoms with van der Waals surface area (Å²) in [6.07, 6.45) is -1.31. The largest absolute Gasteiger partial charge is 0.463 e. The number of likely N-dealkylation sites (N-methyl/N-ethyl adjacent to an activating group) is 1. The monoisotopic (exact) mass is 547 g/mol. The van der Waals surface area contributed by atoms with Crippen LogP contribution in [0.15, 0.2) is 60.7 Å². The van der Waals surface area contributed by atoms with Crippen LogP contribution in [0.1, 0.15) is 25.6 Å². The van der Waals surface area contributed by atoms with Gasteiger partial charge in [0.1, 0.15) is 4.83 Å². The number of carbonyl (C=O) groups is 3. The molecule has 4 aromatic rings. The fraction of sp³-hybridized carbons (Fsp3) is 0.259. The predicted octanol–water partition coefficient (Wildman–Crippen LogP) is 3.72. The van der Waals surface area contributed by atoms with Crippen LogP contribution in [0.25, 0.3) is 10.2 Å². The SMILES string of the molecule is CN1CCN(Cc2cccc(C(=O)Nc3nn(C(=O)O)c4sc(C(=O)N(C)Nc5ccccc5)cc34)c2)CC1. The molecule has 12 heteroatoms. The van der Waals surface area contributed by atoms with Gasteiger partial charge in [0.15, 0.2) is 5.82 Å². The minimum atomic E-state index is -1.31. The first-order valence-corrected chi connectivity index (χ1v) is 13.3. The Morgan fingerprint density at radius 1 is 1.03 bits per heavy atom. The third-order valence-electron chi connectivity index (χ3n) is 6.55. The van der Waals surface area contributed by atoms with Crippen LogP contribution in [0.4, 0.5) is 16.3 Å². The highest BCUT2D eigenvalue weighted by molar-refractivity contribution is 7.20. The third kappa shape index (κ3) is 5.93. The topological polar surface area (TPSA) is 123 Å². The summed E-state index contributed by atoms with van der Waals surface area (Å²) in [4.78, 5) is 43.3. The van der Waals surface area contributed by atoms with Crippen molar-refractivity contribution in [1.82, 2.24) is 24.6 Å². The Labute approximate surface area is 229 Å². The molecule has 0 radical (unpaired) electrons. The molecule has 2 aromatic carbocycles. The van der Waals surface area contributed by atoms with Crippen molar-refractivity contribution in [3.05, 3.63) is 76.7 Å². The summed E-state index contributed by atoms with van der Waals surface area (Å²) < 4.78 is 0.779. The van der Waals surface area contributed by atoms with Crippen molar-refractivity contribution in [3.8, 4) is 0 Å². The molecule has 11 nitrogen and oxygen atoms in total. The maximum absolute atomic E-state index is 13.2. The van der Waals surface area contributed by atoms with E-state index in [4.69, 9.17) is 0 Å². The summed E-state index contributed by atoms with van der Waals surface area (Å²) in [6, 6.07) is 18.1. The lowest BCUT2D eigenvalue weighted by Crippen LogP contribution is -2.43. The average molecular weight is 548 g/mol. The van der Waals surface area contributed by atoms with Crippen LogP contribution in [0.5, 0.6) is 0 Å². The van der Waals surface area contributed by atoms with Gasteiger partial charge >= 0.3 is 6.09 Å². The van der Waals surface area contributed by atoms with Gasteiger partial charge in [0.2, 0.25) is 0 Å². The molecule has 5 rings (SSSR count). The molecule has 0 spiro atoms. The summed E-state index contributed by atoms with van der Waals surface area (Å²) in [5.41, 5.74) is 5.19. The normalized spacial score (nSPS) is 14.3. The van der Waals surface area contributed by atoms with Gasteiger partial charge in [0.25, 0.3) is 11.8 Å². The molecule has 3 heterocycles. The summed E-state index contributed by atoms with van der Waals surface area (Å²) in [6.45, 7) is 4.68. The van der Waals surface area contributed by atoms with E-state index in [9.17, 15) is 19.5 Å². The molecule has 1 fully saturated rings. The number of hydrogen-bond acceptors (Lipinski definition) is 8. The van der Waals surface area contributed by atoms with Crippen LogP contribution in [-0.4, -0.2) is 87.9 Å². The van der Waals surface area contributed by atoms with E-state index in [2.05, 4.69) is 32.7 Å². The second-order valence-corrected chi connectivity index (χ2v) is 10.5. The second kappa shape index (κ2) is 11.2. The first-order valence-electron chi connectivity index (χ1n) is 12.5. The van der Waals surface area contributed by atoms with Gasteiger partial charge in [-0.25, -0.2) is 4.79 Å². The van der Waals surface area contributed by atoms with Gasteiger partial charge in [0, 0.05) is 45.3 Å². The molecular formula is C27H29N7O4S. The van der Waals surface area contributed by atoms with E-state index in [1.807, 2.05) is 48.5 Å². The maximum Gasteiger partial charge on any atom is 0.433 e. The van der Waals surface area contributed by atoms with Crippen molar-refractivity contribution in [3.63, 3.8) is 0 Å². The first kappa shape index (κ1) is 26.4. The standard InChI is InChI=1S/C27H29N7O4S/c1-31-11-13-33(14-12-31)17-18-7-6-8-19(15-18)24(35)28-23-21-16-22(39-26(21)34(30-23)27(37)38)25(36)32(2)29-20-9-4-3-5-10-20/h3-10,15-16,29H,11-14,17H2,1-2H3,(H,37,38)(H,28,30,35). The zero-order valence-corrected chi connectivity index (χ0v) is 22.4. The highest BCUT2D eigenvalue weighted by Gasteiger charge is 2.24. The van der Waals surface area contributed by atoms with Crippen molar-refractivity contribution >= 4 is 51.0 Å². The number of nitrogens with one attached hydrogen (secondary N) is 2. The molecule has 0 saturated carbocycles. The molecule has 0 aliphatic carbocycles. The Bertz CT molecular complexity index is 1510. The van der Waals surface area contributed by atoms with Gasteiger partial charge in [-0.3, -0.25) is 24.9 Å². The van der Waals surface area contributed by atoms with Crippen LogP contribution in [0.2, 0.25) is 0 Å². The Kier molecular flexibility index (Phi) is 7.59. The number of thiophene rings is 1. The van der Waals surface area contributed by atoms with Crippen molar-refractivity contribution in [2.45, 2.75) is 6.54 Å². The smallest absolute Gasteiger partial charge is 0.433 e. The average Bonchev–Trinajstić information content (AvgIpc) is 3.50. The van der Waals surface area contributed by atoms with E-state index < -0.39 is 12.0 Å². The van der Waals surface area contributed by atoms with Gasteiger partial charge in [-0.2, -0.15) is 4.68 Å². The van der Waals surface area contributed by atoms with Gasteiger partial charge in [-0.15, -0.1) is 16.4 Å². The quantitative estimate of drug-likeness (QED) is 0.299. The number of benzene rings is 2. The van der Waals surface area contributed by atoms with E-state index in [0.29, 0.717) is 15.8 Å². The zero-order valence-electron chi connectivity index (χ0n) is 21.6. The van der Waals surface area contributed by atoms with Gasteiger partial charge in [-0.1, -0.05) is 30.3 Å². The summed E-state index contributed by atoms with van der Waals surface area (Å²) in [5.74, 6) is -0.684. The fourth-order valence-electron chi connectivity index (χ4n) is 4.41. The lowest BCUT2D eigenvalue weighted by molar-refractivity contribution is 0.0830. The number of rotatable bonds is 7. The Morgan fingerprint density at radius 2 is 1.77 bits per heavy atom. The molecule has 39 heavy (non-hydrogen) atoms. The first-order chi connectivity index (χ1) is 18.8. The van der Waals surface area contributed by atoms with Crippen LogP contribution in [0.3, 0.4) is 0 Å². The number of aromatic nitrogens is 2. The van der Waals surface area contributed by atoms with E-state index in [1.54, 1.807) is 19.2 Å². The van der Waals surface area contributed by atoms with Crippen molar-refractivity contribution in [1.29, 1.82) is 0 Å². The van der Waals surface area contributed by atoms with Crippen LogP contribution < -0.4 is 10.7 Å². The number of para-hydroxylation sites is 1. The van der Waals surface area contributed by atoms with E-state index in [-0.39, 0.29) is 16.6 Å². The molecular weight excluding hydrogens is 518 g/mol. The molecule has 0 unspecified atom stereocenters. The van der Waals surface area contributed by atoms with Crippen LogP contribution in [0, 0.1) is 0 Å². The van der Waals surface area contributed by atoms with E-state index in [0.717, 1.165) is 60.0 Å². The number of fused-ring (bicyclic) bond motifs is 1. The molecule has 0 bridgehead atoms. The number of hydrogen-bond donors (Lipinski definition) is 3. The van der Waals surface area contributed by atoms with Gasteiger partial charge < -0.3 is 15.3 Å². The number of piperazine rings is 1. The molecule has 3 N–H and O–H groups in total. The molecule has 202 valence electrons. The number of carboxylic acid groups (broad SMARTS) is 1. The number of amides is 2. The Morgan fingerprint density at radius 3 is 2.49 bits per heavy atom. The molecule has 0 atom stereocenters. The molecule has 1 saturated heterocycles. The Hall–Kier alpha value is -4.26. The maximum atomic E-state index is 13.2. The molecule has 2 amide bonds. The van der Waals surface area contributed by atoms with Gasteiger partial charge in [0.05, 0.1) is 16.0 Å². The number of nitrogens with zero attached hydrogens (tertiary/aromatic N) is 5. The number of hydrazine groups is 1. The summed E-state index contributed by atoms with van der Waals surface area (Å²) in [7, 11) is 3.69. The summed E-state index contributed by atoms with van der Waals surface area (Å²) in [5, 5.41) is 18.2. The molecule has 2 aromatic heterocycles. The Balaban J connectivity index is 1.35. The van der Waals surface area contributed by atoms with Crippen molar-refractivity contribution in [2.75, 3.05) is 51.0 Å². The van der Waals surface area contributed by atoms with E-state index in [1.165, 1.54) is 5.01 Å². The van der Waals surface area contributed by atoms with Crippen LogP contribution >= 0.6 is 11.3 Å². The third-order valence-corrected chi connectivity index (χ3v) is 7.65. The molecule has 1 aliphatic heterocycles. The van der Waals surface area contributed by atoms with Gasteiger partial charge in [-0.05, 0) is 42.9 Å². The minimum Gasteiger partial charge on any atom is -0.463 e. The van der Waals surface area contributed by atoms with Crippen molar-refractivity contribution in [2.24, 2.45) is 0 Å². The minimum absolute atomic E-state index is 0.0795. The van der Waals surface area contributed by atoms with E-state index >= 15 is 0 Å². The molecule has 1 aliphatic rings. The fourth-order valence-corrected chi connectivity index (χ4v) is 5.49. The number of carbonyl (C=O) groups excluding carboxylic acids is 2.